The summed E-state index contributed by atoms with van der Waals surface area (Å²) >= 11 is 6.60. The number of aryl methyl sites for hydroxylation is 2. The lowest BCUT2D eigenvalue weighted by Crippen LogP contribution is -2.39. The van der Waals surface area contributed by atoms with E-state index in [2.05, 4.69) is 4.98 Å². The number of halogens is 3. The van der Waals surface area contributed by atoms with Gasteiger partial charge >= 0.3 is 0 Å². The van der Waals surface area contributed by atoms with Gasteiger partial charge in [-0.1, -0.05) is 17.7 Å². The van der Waals surface area contributed by atoms with E-state index in [1.54, 1.807) is 15.9 Å². The average molecular weight is 466 g/mol. The Bertz CT molecular complexity index is 1090. The largest absolute Gasteiger partial charge is 0.487 e. The molecular formula is C23H26ClF2N3O3. The summed E-state index contributed by atoms with van der Waals surface area (Å²) in [5, 5.41) is 0.235. The fourth-order valence-electron chi connectivity index (χ4n) is 4.50. The number of hydrogen-bond acceptors (Lipinski definition) is 4. The number of pyridine rings is 1. The van der Waals surface area contributed by atoms with Gasteiger partial charge in [0.25, 0.3) is 17.9 Å². The number of fused-ring (bicyclic) bond motifs is 1. The summed E-state index contributed by atoms with van der Waals surface area (Å²) in [7, 11) is 0. The normalized spacial score (nSPS) is 19.0. The molecule has 2 aromatic rings. The third-order valence-electron chi connectivity index (χ3n) is 6.11. The molecule has 1 aromatic heterocycles. The third-order valence-corrected chi connectivity index (χ3v) is 6.48. The van der Waals surface area contributed by atoms with E-state index < -0.39 is 6.43 Å². The SMILES string of the molecule is Cc1cc(C)c(CN2CCc3ccc(OC4CCN(CC(F)F)C4)c(Cl)c3C2=O)c(=O)[nH]1. The standard InChI is InChI=1S/C23H26ClF2N3O3/c1-13-9-14(2)27-22(30)17(13)11-29-8-5-15-3-4-18(21(24)20(15)23(29)31)32-16-6-7-28(10-16)12-19(25)26/h3-4,9,16,19H,5-8,10-12H2,1-2H3,(H,27,30). The topological polar surface area (TPSA) is 65.6 Å². The van der Waals surface area contributed by atoms with Gasteiger partial charge in [-0.3, -0.25) is 14.5 Å². The molecule has 1 fully saturated rings. The van der Waals surface area contributed by atoms with Crippen molar-refractivity contribution in [1.82, 2.24) is 14.8 Å². The van der Waals surface area contributed by atoms with Gasteiger partial charge in [-0.25, -0.2) is 8.78 Å². The van der Waals surface area contributed by atoms with Gasteiger partial charge in [0.15, 0.2) is 0 Å². The van der Waals surface area contributed by atoms with Crippen LogP contribution < -0.4 is 10.3 Å². The number of benzene rings is 1. The lowest BCUT2D eigenvalue weighted by atomic mass is 9.97. The second-order valence-electron chi connectivity index (χ2n) is 8.51. The van der Waals surface area contributed by atoms with E-state index in [1.165, 1.54) is 0 Å². The molecule has 9 heteroatoms. The Labute approximate surface area is 190 Å². The van der Waals surface area contributed by atoms with Crippen molar-refractivity contribution in [3.8, 4) is 5.75 Å². The Morgan fingerprint density at radius 1 is 1.25 bits per heavy atom. The summed E-state index contributed by atoms with van der Waals surface area (Å²) in [6.45, 7) is 5.02. The Balaban J connectivity index is 1.52. The number of carbonyl (C=O) groups is 1. The van der Waals surface area contributed by atoms with Crippen LogP contribution in [0.5, 0.6) is 5.75 Å². The highest BCUT2D eigenvalue weighted by molar-refractivity contribution is 6.35. The Hall–Kier alpha value is -2.45. The number of hydrogen-bond donors (Lipinski definition) is 1. The van der Waals surface area contributed by atoms with Crippen molar-refractivity contribution in [1.29, 1.82) is 0 Å². The number of rotatable bonds is 6. The van der Waals surface area contributed by atoms with Crippen molar-refractivity contribution in [3.05, 3.63) is 61.5 Å². The molecule has 0 aliphatic carbocycles. The minimum absolute atomic E-state index is 0.195. The molecule has 1 N–H and O–H groups in total. The second kappa shape index (κ2) is 9.19. The molecule has 4 rings (SSSR count). The highest BCUT2D eigenvalue weighted by atomic mass is 35.5. The Morgan fingerprint density at radius 2 is 2.03 bits per heavy atom. The fraction of sp³-hybridized carbons (Fsp3) is 0.478. The minimum Gasteiger partial charge on any atom is -0.487 e. The van der Waals surface area contributed by atoms with Crippen molar-refractivity contribution < 1.29 is 18.3 Å². The van der Waals surface area contributed by atoms with E-state index in [0.29, 0.717) is 49.4 Å². The molecule has 2 aliphatic rings. The molecule has 1 aromatic carbocycles. The smallest absolute Gasteiger partial charge is 0.256 e. The van der Waals surface area contributed by atoms with Crippen molar-refractivity contribution in [2.45, 2.75) is 45.8 Å². The maximum absolute atomic E-state index is 13.3. The quantitative estimate of drug-likeness (QED) is 0.708. The van der Waals surface area contributed by atoms with Crippen LogP contribution in [0.3, 0.4) is 0 Å². The Kier molecular flexibility index (Phi) is 6.53. The van der Waals surface area contributed by atoms with E-state index in [4.69, 9.17) is 16.3 Å². The molecule has 172 valence electrons. The number of aromatic amines is 1. The van der Waals surface area contributed by atoms with Crippen LogP contribution in [0.2, 0.25) is 5.02 Å². The lowest BCUT2D eigenvalue weighted by Gasteiger charge is -2.30. The summed E-state index contributed by atoms with van der Waals surface area (Å²) < 4.78 is 31.3. The van der Waals surface area contributed by atoms with Gasteiger partial charge in [0, 0.05) is 30.9 Å². The number of nitrogens with one attached hydrogen (secondary N) is 1. The van der Waals surface area contributed by atoms with Crippen molar-refractivity contribution in [3.63, 3.8) is 0 Å². The van der Waals surface area contributed by atoms with Crippen molar-refractivity contribution in [2.75, 3.05) is 26.2 Å². The number of aromatic nitrogens is 1. The zero-order valence-electron chi connectivity index (χ0n) is 18.1. The number of carbonyl (C=O) groups excluding carboxylic acids is 1. The number of likely N-dealkylation sites (tertiary alicyclic amines) is 1. The zero-order chi connectivity index (χ0) is 23.0. The first kappa shape index (κ1) is 22.7. The maximum Gasteiger partial charge on any atom is 0.256 e. The van der Waals surface area contributed by atoms with Gasteiger partial charge in [-0.15, -0.1) is 0 Å². The van der Waals surface area contributed by atoms with Crippen LogP contribution >= 0.6 is 11.6 Å². The van der Waals surface area contributed by atoms with E-state index >= 15 is 0 Å². The first-order valence-electron chi connectivity index (χ1n) is 10.7. The minimum atomic E-state index is -2.38. The molecule has 1 unspecified atom stereocenters. The van der Waals surface area contributed by atoms with Crippen LogP contribution in [0.4, 0.5) is 8.78 Å². The van der Waals surface area contributed by atoms with Crippen LogP contribution in [0, 0.1) is 13.8 Å². The summed E-state index contributed by atoms with van der Waals surface area (Å²) in [5.41, 5.74) is 3.20. The number of alkyl halides is 2. The van der Waals surface area contributed by atoms with E-state index in [9.17, 15) is 18.4 Å². The molecule has 0 bridgehead atoms. The summed E-state index contributed by atoms with van der Waals surface area (Å²) in [6.07, 6.45) is -1.40. The highest BCUT2D eigenvalue weighted by Crippen LogP contribution is 2.36. The van der Waals surface area contributed by atoms with Crippen molar-refractivity contribution >= 4 is 17.5 Å². The van der Waals surface area contributed by atoms with Gasteiger partial charge in [0.1, 0.15) is 11.9 Å². The maximum atomic E-state index is 13.3. The van der Waals surface area contributed by atoms with Gasteiger partial charge in [-0.05, 0) is 49.9 Å². The first-order chi connectivity index (χ1) is 15.2. The van der Waals surface area contributed by atoms with Gasteiger partial charge in [0.05, 0.1) is 23.7 Å². The second-order valence-corrected chi connectivity index (χ2v) is 8.89. The van der Waals surface area contributed by atoms with Crippen molar-refractivity contribution in [2.24, 2.45) is 0 Å². The van der Waals surface area contributed by atoms with E-state index in [0.717, 1.165) is 16.8 Å². The van der Waals surface area contributed by atoms with Crippen LogP contribution in [0.1, 0.15) is 39.2 Å². The molecule has 0 radical (unpaired) electrons. The number of ether oxygens (including phenoxy) is 1. The molecule has 2 aliphatic heterocycles. The lowest BCUT2D eigenvalue weighted by molar-refractivity contribution is 0.0724. The molecule has 1 amide bonds. The van der Waals surface area contributed by atoms with Gasteiger partial charge < -0.3 is 14.6 Å². The molecular weight excluding hydrogens is 440 g/mol. The van der Waals surface area contributed by atoms with E-state index in [-0.39, 0.29) is 35.7 Å². The summed E-state index contributed by atoms with van der Waals surface area (Å²) in [5.74, 6) is 0.140. The average Bonchev–Trinajstić information content (AvgIpc) is 3.14. The van der Waals surface area contributed by atoms with E-state index in [1.807, 2.05) is 26.0 Å². The predicted octanol–water partition coefficient (Wildman–Crippen LogP) is 3.56. The molecule has 1 atom stereocenters. The molecule has 1 saturated heterocycles. The van der Waals surface area contributed by atoms with Crippen LogP contribution in [-0.4, -0.2) is 59.4 Å². The first-order valence-corrected chi connectivity index (χ1v) is 11.1. The molecule has 0 saturated carbocycles. The monoisotopic (exact) mass is 465 g/mol. The number of H-pyrrole nitrogens is 1. The highest BCUT2D eigenvalue weighted by Gasteiger charge is 2.31. The third kappa shape index (κ3) is 4.66. The van der Waals surface area contributed by atoms with Gasteiger partial charge in [-0.2, -0.15) is 0 Å². The molecule has 3 heterocycles. The number of nitrogens with zero attached hydrogens (tertiary/aromatic N) is 2. The van der Waals surface area contributed by atoms with Crippen LogP contribution in [-0.2, 0) is 13.0 Å². The van der Waals surface area contributed by atoms with Crippen LogP contribution in [0.25, 0.3) is 0 Å². The molecule has 6 nitrogen and oxygen atoms in total. The zero-order valence-corrected chi connectivity index (χ0v) is 18.8. The summed E-state index contributed by atoms with van der Waals surface area (Å²) in [6, 6.07) is 5.47. The van der Waals surface area contributed by atoms with Crippen LogP contribution in [0.15, 0.2) is 23.0 Å². The fourth-order valence-corrected chi connectivity index (χ4v) is 4.81. The summed E-state index contributed by atoms with van der Waals surface area (Å²) in [4.78, 5) is 31.8. The number of amides is 1. The molecule has 0 spiro atoms. The molecule has 32 heavy (non-hydrogen) atoms. The Morgan fingerprint density at radius 3 is 2.75 bits per heavy atom. The van der Waals surface area contributed by atoms with Gasteiger partial charge in [0.2, 0.25) is 0 Å². The predicted molar refractivity (Wildman–Crippen MR) is 118 cm³/mol.